The predicted molar refractivity (Wildman–Crippen MR) is 109 cm³/mol. The lowest BCUT2D eigenvalue weighted by atomic mass is 10.1. The second-order valence-corrected chi connectivity index (χ2v) is 9.12. The van der Waals surface area contributed by atoms with E-state index < -0.39 is 21.9 Å². The number of hydrogen-bond acceptors (Lipinski definition) is 4. The average molecular weight is 438 g/mol. The van der Waals surface area contributed by atoms with Gasteiger partial charge in [-0.1, -0.05) is 24.3 Å². The largest absolute Gasteiger partial charge is 0.354 e. The summed E-state index contributed by atoms with van der Waals surface area (Å²) < 4.78 is 53.5. The number of amides is 1. The summed E-state index contributed by atoms with van der Waals surface area (Å²) in [5.74, 6) is -1.22. The number of nitrogens with zero attached hydrogens (tertiary/aromatic N) is 2. The first-order valence-corrected chi connectivity index (χ1v) is 11.2. The standard InChI is InChI=1S/C21H25F2N3O3S/c1-16(21(27)24-11-10-17-6-8-18(22)9-7-17)25-12-14-26(15-13-25)30(28,29)20-5-3-2-4-19(20)23/h2-9,16H,10-15H2,1H3,(H,24,27). The van der Waals surface area contributed by atoms with Gasteiger partial charge in [0.1, 0.15) is 16.5 Å². The van der Waals surface area contributed by atoms with Gasteiger partial charge in [-0.2, -0.15) is 4.31 Å². The molecule has 2 aromatic carbocycles. The van der Waals surface area contributed by atoms with E-state index in [2.05, 4.69) is 5.32 Å². The Kier molecular flexibility index (Phi) is 7.17. The van der Waals surface area contributed by atoms with Crippen LogP contribution in [0.4, 0.5) is 8.78 Å². The number of carbonyl (C=O) groups is 1. The van der Waals surface area contributed by atoms with E-state index in [0.29, 0.717) is 26.1 Å². The fourth-order valence-corrected chi connectivity index (χ4v) is 4.91. The Bertz CT molecular complexity index is 975. The molecule has 1 saturated heterocycles. The van der Waals surface area contributed by atoms with Gasteiger partial charge in [-0.25, -0.2) is 17.2 Å². The number of piperazine rings is 1. The summed E-state index contributed by atoms with van der Waals surface area (Å²) in [6, 6.07) is 11.0. The number of sulfonamides is 1. The first-order chi connectivity index (χ1) is 14.3. The maximum atomic E-state index is 13.9. The van der Waals surface area contributed by atoms with Gasteiger partial charge in [0, 0.05) is 32.7 Å². The van der Waals surface area contributed by atoms with Crippen LogP contribution in [0.5, 0.6) is 0 Å². The number of halogens is 2. The molecule has 6 nitrogen and oxygen atoms in total. The first-order valence-electron chi connectivity index (χ1n) is 9.80. The molecule has 1 atom stereocenters. The minimum atomic E-state index is -3.91. The Morgan fingerprint density at radius 1 is 1.03 bits per heavy atom. The fraction of sp³-hybridized carbons (Fsp3) is 0.381. The highest BCUT2D eigenvalue weighted by atomic mass is 32.2. The fourth-order valence-electron chi connectivity index (χ4n) is 3.42. The van der Waals surface area contributed by atoms with Gasteiger partial charge in [-0.05, 0) is 43.2 Å². The molecule has 1 aliphatic rings. The van der Waals surface area contributed by atoms with Gasteiger partial charge < -0.3 is 5.32 Å². The van der Waals surface area contributed by atoms with Crippen molar-refractivity contribution in [3.8, 4) is 0 Å². The molecule has 30 heavy (non-hydrogen) atoms. The molecule has 0 spiro atoms. The Balaban J connectivity index is 1.49. The summed E-state index contributed by atoms with van der Waals surface area (Å²) in [4.78, 5) is 14.0. The zero-order valence-corrected chi connectivity index (χ0v) is 17.5. The van der Waals surface area contributed by atoms with Crippen molar-refractivity contribution in [1.82, 2.24) is 14.5 Å². The van der Waals surface area contributed by atoms with Crippen molar-refractivity contribution in [2.75, 3.05) is 32.7 Å². The summed E-state index contributed by atoms with van der Waals surface area (Å²) >= 11 is 0. The maximum Gasteiger partial charge on any atom is 0.246 e. The van der Waals surface area contributed by atoms with Crippen LogP contribution in [0.15, 0.2) is 53.4 Å². The zero-order valence-electron chi connectivity index (χ0n) is 16.7. The molecule has 1 fully saturated rings. The Hall–Kier alpha value is -2.36. The van der Waals surface area contributed by atoms with E-state index in [1.165, 1.54) is 34.6 Å². The monoisotopic (exact) mass is 437 g/mol. The molecule has 0 bridgehead atoms. The van der Waals surface area contributed by atoms with Crippen LogP contribution in [0.2, 0.25) is 0 Å². The normalized spacial score (nSPS) is 16.9. The van der Waals surface area contributed by atoms with Crippen molar-refractivity contribution in [2.24, 2.45) is 0 Å². The van der Waals surface area contributed by atoms with E-state index >= 15 is 0 Å². The van der Waals surface area contributed by atoms with Crippen LogP contribution < -0.4 is 5.32 Å². The summed E-state index contributed by atoms with van der Waals surface area (Å²) in [7, 11) is -3.91. The SMILES string of the molecule is CC(C(=O)NCCc1ccc(F)cc1)N1CCN(S(=O)(=O)c2ccccc2F)CC1. The highest BCUT2D eigenvalue weighted by Crippen LogP contribution is 2.21. The van der Waals surface area contributed by atoms with Gasteiger partial charge in [-0.15, -0.1) is 0 Å². The minimum Gasteiger partial charge on any atom is -0.354 e. The maximum absolute atomic E-state index is 13.9. The van der Waals surface area contributed by atoms with Crippen LogP contribution in [-0.4, -0.2) is 62.3 Å². The van der Waals surface area contributed by atoms with Crippen LogP contribution in [0.25, 0.3) is 0 Å². The van der Waals surface area contributed by atoms with Gasteiger partial charge in [-0.3, -0.25) is 9.69 Å². The van der Waals surface area contributed by atoms with Crippen molar-refractivity contribution in [3.63, 3.8) is 0 Å². The van der Waals surface area contributed by atoms with Crippen LogP contribution in [0, 0.1) is 11.6 Å². The van der Waals surface area contributed by atoms with Crippen molar-refractivity contribution in [3.05, 3.63) is 65.7 Å². The number of benzene rings is 2. The molecular weight excluding hydrogens is 412 g/mol. The molecule has 0 aromatic heterocycles. The quantitative estimate of drug-likeness (QED) is 0.720. The summed E-state index contributed by atoms with van der Waals surface area (Å²) in [5.41, 5.74) is 0.927. The third-order valence-electron chi connectivity index (χ3n) is 5.28. The summed E-state index contributed by atoms with van der Waals surface area (Å²) in [5, 5.41) is 2.86. The molecule has 0 aliphatic carbocycles. The Morgan fingerprint density at radius 2 is 1.67 bits per heavy atom. The lowest BCUT2D eigenvalue weighted by Gasteiger charge is -2.36. The van der Waals surface area contributed by atoms with Gasteiger partial charge >= 0.3 is 0 Å². The number of rotatable bonds is 7. The van der Waals surface area contributed by atoms with E-state index in [-0.39, 0.29) is 29.7 Å². The molecule has 1 amide bonds. The summed E-state index contributed by atoms with van der Waals surface area (Å²) in [6.45, 7) is 3.32. The number of hydrogen-bond donors (Lipinski definition) is 1. The van der Waals surface area contributed by atoms with Crippen LogP contribution in [0.1, 0.15) is 12.5 Å². The molecule has 9 heteroatoms. The first kappa shape index (κ1) is 22.3. The second-order valence-electron chi connectivity index (χ2n) is 7.21. The van der Waals surface area contributed by atoms with Crippen molar-refractivity contribution >= 4 is 15.9 Å². The van der Waals surface area contributed by atoms with Crippen molar-refractivity contribution in [1.29, 1.82) is 0 Å². The predicted octanol–water partition coefficient (Wildman–Crippen LogP) is 2.02. The van der Waals surface area contributed by atoms with E-state index in [9.17, 15) is 22.0 Å². The Labute approximate surface area is 175 Å². The smallest absolute Gasteiger partial charge is 0.246 e. The number of carbonyl (C=O) groups excluding carboxylic acids is 1. The lowest BCUT2D eigenvalue weighted by molar-refractivity contribution is -0.126. The van der Waals surface area contributed by atoms with Crippen LogP contribution in [0.3, 0.4) is 0 Å². The minimum absolute atomic E-state index is 0.150. The zero-order chi connectivity index (χ0) is 21.7. The highest BCUT2D eigenvalue weighted by molar-refractivity contribution is 7.89. The second kappa shape index (κ2) is 9.63. The van der Waals surface area contributed by atoms with Gasteiger partial charge in [0.05, 0.1) is 6.04 Å². The molecular formula is C21H25F2N3O3S. The van der Waals surface area contributed by atoms with Crippen LogP contribution in [-0.2, 0) is 21.2 Å². The molecule has 1 heterocycles. The van der Waals surface area contributed by atoms with E-state index in [4.69, 9.17) is 0 Å². The summed E-state index contributed by atoms with van der Waals surface area (Å²) in [6.07, 6.45) is 0.591. The van der Waals surface area contributed by atoms with Crippen molar-refractivity contribution < 1.29 is 22.0 Å². The third kappa shape index (κ3) is 5.21. The highest BCUT2D eigenvalue weighted by Gasteiger charge is 2.32. The molecule has 1 unspecified atom stereocenters. The van der Waals surface area contributed by atoms with Gasteiger partial charge in [0.25, 0.3) is 0 Å². The van der Waals surface area contributed by atoms with Gasteiger partial charge in [0.2, 0.25) is 15.9 Å². The van der Waals surface area contributed by atoms with Gasteiger partial charge in [0.15, 0.2) is 0 Å². The number of nitrogens with one attached hydrogen (secondary N) is 1. The lowest BCUT2D eigenvalue weighted by Crippen LogP contribution is -2.55. The van der Waals surface area contributed by atoms with E-state index in [0.717, 1.165) is 11.6 Å². The Morgan fingerprint density at radius 3 is 2.30 bits per heavy atom. The topological polar surface area (TPSA) is 69.7 Å². The molecule has 1 N–H and O–H groups in total. The molecule has 0 radical (unpaired) electrons. The van der Waals surface area contributed by atoms with E-state index in [1.54, 1.807) is 19.1 Å². The molecule has 0 saturated carbocycles. The molecule has 3 rings (SSSR count). The van der Waals surface area contributed by atoms with E-state index in [1.807, 2.05) is 4.90 Å². The third-order valence-corrected chi connectivity index (χ3v) is 7.21. The molecule has 162 valence electrons. The van der Waals surface area contributed by atoms with Crippen LogP contribution >= 0.6 is 0 Å². The molecule has 2 aromatic rings. The average Bonchev–Trinajstić information content (AvgIpc) is 2.75. The van der Waals surface area contributed by atoms with Crippen molar-refractivity contribution in [2.45, 2.75) is 24.3 Å². The molecule has 1 aliphatic heterocycles.